The Kier molecular flexibility index (Phi) is 9.33. The van der Waals surface area contributed by atoms with E-state index in [-0.39, 0.29) is 0 Å². The van der Waals surface area contributed by atoms with E-state index in [2.05, 4.69) is 61.5 Å². The number of unbranched alkanes of at least 4 members (excludes halogenated alkanes) is 2. The molecular formula is C24H35N. The van der Waals surface area contributed by atoms with Crippen LogP contribution >= 0.6 is 0 Å². The van der Waals surface area contributed by atoms with Crippen LogP contribution in [-0.2, 0) is 12.8 Å². The van der Waals surface area contributed by atoms with Crippen LogP contribution in [0, 0.1) is 0 Å². The molecule has 0 atom stereocenters. The van der Waals surface area contributed by atoms with Crippen LogP contribution in [0.5, 0.6) is 0 Å². The second-order valence-corrected chi connectivity index (χ2v) is 7.17. The van der Waals surface area contributed by atoms with Crippen molar-refractivity contribution in [2.24, 2.45) is 4.99 Å². The van der Waals surface area contributed by atoms with Crippen molar-refractivity contribution in [2.45, 2.75) is 78.1 Å². The molecule has 0 radical (unpaired) electrons. The summed E-state index contributed by atoms with van der Waals surface area (Å²) in [5.41, 5.74) is 5.91. The molecule has 0 fully saturated rings. The summed E-state index contributed by atoms with van der Waals surface area (Å²) >= 11 is 0. The highest BCUT2D eigenvalue weighted by molar-refractivity contribution is 5.80. The fourth-order valence-corrected chi connectivity index (χ4v) is 3.45. The lowest BCUT2D eigenvalue weighted by molar-refractivity contribution is 0.698. The van der Waals surface area contributed by atoms with E-state index in [1.807, 2.05) is 0 Å². The van der Waals surface area contributed by atoms with Gasteiger partial charge in [0, 0.05) is 12.8 Å². The number of hydrogen-bond donors (Lipinski definition) is 0. The van der Waals surface area contributed by atoms with Gasteiger partial charge in [0.25, 0.3) is 0 Å². The molecule has 1 aliphatic carbocycles. The molecule has 1 aromatic rings. The molecule has 1 aliphatic rings. The quantitative estimate of drug-likeness (QED) is 0.326. The van der Waals surface area contributed by atoms with Crippen LogP contribution in [0.4, 0.5) is 0 Å². The van der Waals surface area contributed by atoms with Gasteiger partial charge in [0.05, 0.1) is 0 Å². The lowest BCUT2D eigenvalue weighted by atomic mass is 9.92. The van der Waals surface area contributed by atoms with Gasteiger partial charge in [-0.25, -0.2) is 0 Å². The monoisotopic (exact) mass is 337 g/mol. The molecule has 1 nitrogen and oxygen atoms in total. The van der Waals surface area contributed by atoms with Gasteiger partial charge in [-0.3, -0.25) is 4.99 Å². The first-order valence-corrected chi connectivity index (χ1v) is 10.3. The topological polar surface area (TPSA) is 12.4 Å². The van der Waals surface area contributed by atoms with Crippen molar-refractivity contribution in [3.05, 3.63) is 58.7 Å². The highest BCUT2D eigenvalue weighted by Crippen LogP contribution is 2.24. The predicted molar refractivity (Wildman–Crippen MR) is 112 cm³/mol. The summed E-state index contributed by atoms with van der Waals surface area (Å²) < 4.78 is 0. The first kappa shape index (κ1) is 19.7. The van der Waals surface area contributed by atoms with Gasteiger partial charge in [-0.1, -0.05) is 49.8 Å². The van der Waals surface area contributed by atoms with E-state index in [9.17, 15) is 0 Å². The zero-order valence-electron chi connectivity index (χ0n) is 16.3. The fraction of sp³-hybridized carbons (Fsp3) is 0.542. The van der Waals surface area contributed by atoms with Crippen LogP contribution in [0.1, 0.15) is 76.3 Å². The summed E-state index contributed by atoms with van der Waals surface area (Å²) in [5, 5.41) is 0. The number of nitrogens with zero attached hydrogens (tertiary/aromatic N) is 1. The first-order chi connectivity index (χ1) is 12.3. The van der Waals surface area contributed by atoms with Gasteiger partial charge < -0.3 is 0 Å². The molecule has 0 N–H and O–H groups in total. The zero-order valence-corrected chi connectivity index (χ0v) is 16.3. The van der Waals surface area contributed by atoms with Crippen molar-refractivity contribution in [1.82, 2.24) is 0 Å². The molecule has 0 saturated carbocycles. The van der Waals surface area contributed by atoms with Gasteiger partial charge in [0.1, 0.15) is 0 Å². The molecule has 0 heterocycles. The molecule has 25 heavy (non-hydrogen) atoms. The highest BCUT2D eigenvalue weighted by Gasteiger charge is 2.08. The largest absolute Gasteiger partial charge is 0.293 e. The van der Waals surface area contributed by atoms with E-state index in [0.717, 1.165) is 6.54 Å². The van der Waals surface area contributed by atoms with Crippen LogP contribution in [-0.4, -0.2) is 12.8 Å². The lowest BCUT2D eigenvalue weighted by Gasteiger charge is -2.14. The minimum atomic E-state index is 0.960. The number of aryl methyl sites for hydroxylation is 2. The SMILES string of the molecule is C/C=C\C1=C(/C=N/CCCCc2ccc(CCCC)cc2)CCCC1. The average molecular weight is 338 g/mol. The van der Waals surface area contributed by atoms with E-state index in [4.69, 9.17) is 0 Å². The Bertz CT molecular complexity index is 575. The summed E-state index contributed by atoms with van der Waals surface area (Å²) in [6.07, 6.45) is 19.0. The average Bonchev–Trinajstić information content (AvgIpc) is 2.65. The van der Waals surface area contributed by atoms with Crippen LogP contribution in [0.2, 0.25) is 0 Å². The highest BCUT2D eigenvalue weighted by atomic mass is 14.7. The Labute approximate surface area is 155 Å². The maximum atomic E-state index is 4.69. The first-order valence-electron chi connectivity index (χ1n) is 10.3. The molecule has 0 spiro atoms. The molecule has 0 aliphatic heterocycles. The number of rotatable bonds is 10. The van der Waals surface area contributed by atoms with Crippen molar-refractivity contribution < 1.29 is 0 Å². The molecule has 136 valence electrons. The Hall–Kier alpha value is -1.63. The van der Waals surface area contributed by atoms with E-state index < -0.39 is 0 Å². The van der Waals surface area contributed by atoms with Gasteiger partial charge in [-0.05, 0) is 87.0 Å². The van der Waals surface area contributed by atoms with Gasteiger partial charge in [0.15, 0.2) is 0 Å². The molecule has 0 bridgehead atoms. The number of allylic oxidation sites excluding steroid dienone is 4. The number of hydrogen-bond acceptors (Lipinski definition) is 1. The summed E-state index contributed by atoms with van der Waals surface area (Å²) in [4.78, 5) is 4.69. The molecule has 0 unspecified atom stereocenters. The van der Waals surface area contributed by atoms with Gasteiger partial charge >= 0.3 is 0 Å². The molecule has 1 heteroatoms. The third-order valence-electron chi connectivity index (χ3n) is 5.01. The molecule has 0 amide bonds. The van der Waals surface area contributed by atoms with E-state index in [0.29, 0.717) is 0 Å². The maximum Gasteiger partial charge on any atom is 0.0389 e. The van der Waals surface area contributed by atoms with Gasteiger partial charge in [-0.2, -0.15) is 0 Å². The Balaban J connectivity index is 1.69. The van der Waals surface area contributed by atoms with Crippen LogP contribution < -0.4 is 0 Å². The Morgan fingerprint density at radius 3 is 2.16 bits per heavy atom. The summed E-state index contributed by atoms with van der Waals surface area (Å²) in [5.74, 6) is 0. The third kappa shape index (κ3) is 7.42. The van der Waals surface area contributed by atoms with E-state index in [1.54, 1.807) is 0 Å². The van der Waals surface area contributed by atoms with Crippen molar-refractivity contribution in [2.75, 3.05) is 6.54 Å². The smallest absolute Gasteiger partial charge is 0.0389 e. The molecule has 2 rings (SSSR count). The fourth-order valence-electron chi connectivity index (χ4n) is 3.45. The molecular weight excluding hydrogens is 302 g/mol. The molecule has 0 saturated heterocycles. The summed E-state index contributed by atoms with van der Waals surface area (Å²) in [6.45, 7) is 5.32. The normalized spacial score (nSPS) is 15.6. The van der Waals surface area contributed by atoms with Crippen molar-refractivity contribution >= 4 is 6.21 Å². The second-order valence-electron chi connectivity index (χ2n) is 7.17. The number of aliphatic imine (C=N–C) groups is 1. The van der Waals surface area contributed by atoms with Crippen molar-refractivity contribution in [1.29, 1.82) is 0 Å². The Morgan fingerprint density at radius 2 is 1.52 bits per heavy atom. The van der Waals surface area contributed by atoms with Crippen LogP contribution in [0.15, 0.2) is 52.6 Å². The second kappa shape index (κ2) is 11.8. The zero-order chi connectivity index (χ0) is 17.7. The minimum Gasteiger partial charge on any atom is -0.293 e. The third-order valence-corrected chi connectivity index (χ3v) is 5.01. The number of benzene rings is 1. The summed E-state index contributed by atoms with van der Waals surface area (Å²) in [7, 11) is 0. The standard InChI is InChI=1S/C24H35N/c1-3-5-11-21-15-17-22(18-16-21)12-8-9-19-25-20-24-14-7-6-13-23(24)10-4-2/h4,10,15-18,20H,3,5-9,11-14,19H2,1-2H3/b10-4-,25-20+. The van der Waals surface area contributed by atoms with Crippen LogP contribution in [0.3, 0.4) is 0 Å². The van der Waals surface area contributed by atoms with Crippen molar-refractivity contribution in [3.8, 4) is 0 Å². The predicted octanol–water partition coefficient (Wildman–Crippen LogP) is 6.87. The van der Waals surface area contributed by atoms with E-state index >= 15 is 0 Å². The molecule has 1 aromatic carbocycles. The minimum absolute atomic E-state index is 0.960. The summed E-state index contributed by atoms with van der Waals surface area (Å²) in [6, 6.07) is 9.23. The van der Waals surface area contributed by atoms with E-state index in [1.165, 1.54) is 86.5 Å². The Morgan fingerprint density at radius 1 is 0.880 bits per heavy atom. The van der Waals surface area contributed by atoms with Gasteiger partial charge in [0.2, 0.25) is 0 Å². The van der Waals surface area contributed by atoms with Gasteiger partial charge in [-0.15, -0.1) is 0 Å². The maximum absolute atomic E-state index is 4.69. The lowest BCUT2D eigenvalue weighted by Crippen LogP contribution is -2.00. The molecule has 0 aromatic heterocycles. The van der Waals surface area contributed by atoms with Crippen molar-refractivity contribution in [3.63, 3.8) is 0 Å². The van der Waals surface area contributed by atoms with Crippen LogP contribution in [0.25, 0.3) is 0 Å².